The highest BCUT2D eigenvalue weighted by atomic mass is 16.3. The molecule has 2 unspecified atom stereocenters. The van der Waals surface area contributed by atoms with E-state index in [1.807, 2.05) is 0 Å². The fraction of sp³-hybridized carbons (Fsp3) is 1.00. The van der Waals surface area contributed by atoms with E-state index in [1.54, 1.807) is 0 Å². The van der Waals surface area contributed by atoms with Crippen molar-refractivity contribution in [3.63, 3.8) is 0 Å². The van der Waals surface area contributed by atoms with Gasteiger partial charge in [-0.3, -0.25) is 0 Å². The molecule has 1 nitrogen and oxygen atoms in total. The molecule has 0 amide bonds. The SMILES string of the molecule is CC12C3CC(CO)(CC31)C2(C)C. The fourth-order valence-corrected chi connectivity index (χ4v) is 4.67. The molecule has 4 bridgehead atoms. The Labute approximate surface area is 74.2 Å². The van der Waals surface area contributed by atoms with Crippen molar-refractivity contribution in [3.8, 4) is 0 Å². The van der Waals surface area contributed by atoms with E-state index >= 15 is 0 Å². The van der Waals surface area contributed by atoms with Gasteiger partial charge in [0.25, 0.3) is 0 Å². The molecule has 0 aromatic rings. The van der Waals surface area contributed by atoms with Crippen LogP contribution in [0.3, 0.4) is 0 Å². The molecule has 4 aliphatic carbocycles. The van der Waals surface area contributed by atoms with Crippen LogP contribution in [0.2, 0.25) is 0 Å². The quantitative estimate of drug-likeness (QED) is 0.632. The van der Waals surface area contributed by atoms with E-state index in [1.165, 1.54) is 12.8 Å². The molecule has 4 rings (SSSR count). The summed E-state index contributed by atoms with van der Waals surface area (Å²) in [4.78, 5) is 0. The lowest BCUT2D eigenvalue weighted by Crippen LogP contribution is -2.36. The molecule has 12 heavy (non-hydrogen) atoms. The van der Waals surface area contributed by atoms with Crippen LogP contribution in [0.4, 0.5) is 0 Å². The largest absolute Gasteiger partial charge is 0.396 e. The minimum Gasteiger partial charge on any atom is -0.396 e. The van der Waals surface area contributed by atoms with E-state index in [0.29, 0.717) is 22.9 Å². The summed E-state index contributed by atoms with van der Waals surface area (Å²) in [5, 5.41) is 9.51. The minimum absolute atomic E-state index is 0.303. The molecule has 1 heteroatoms. The molecular weight excluding hydrogens is 148 g/mol. The topological polar surface area (TPSA) is 20.2 Å². The van der Waals surface area contributed by atoms with Crippen LogP contribution in [0.25, 0.3) is 0 Å². The Morgan fingerprint density at radius 2 is 1.67 bits per heavy atom. The van der Waals surface area contributed by atoms with Crippen molar-refractivity contribution in [2.75, 3.05) is 6.61 Å². The maximum absolute atomic E-state index is 9.51. The highest BCUT2D eigenvalue weighted by molar-refractivity contribution is 5.32. The first-order valence-electron chi connectivity index (χ1n) is 5.10. The Hall–Kier alpha value is -0.0400. The zero-order valence-electron chi connectivity index (χ0n) is 8.22. The standard InChI is InChI=1S/C11H18O/c1-9(2)10(3)7-4-11(9,6-12)5-8(7)10/h7-8,12H,4-6H2,1-3H3. The maximum Gasteiger partial charge on any atom is 0.0492 e. The van der Waals surface area contributed by atoms with Crippen molar-refractivity contribution in [1.29, 1.82) is 0 Å². The summed E-state index contributed by atoms with van der Waals surface area (Å²) in [7, 11) is 0. The third-order valence-corrected chi connectivity index (χ3v) is 6.11. The molecule has 0 saturated heterocycles. The lowest BCUT2D eigenvalue weighted by atomic mass is 9.66. The summed E-state index contributed by atoms with van der Waals surface area (Å²) in [5.41, 5.74) is 1.29. The van der Waals surface area contributed by atoms with Crippen molar-refractivity contribution in [2.24, 2.45) is 28.1 Å². The van der Waals surface area contributed by atoms with Gasteiger partial charge in [-0.1, -0.05) is 20.8 Å². The number of rotatable bonds is 1. The molecule has 2 atom stereocenters. The summed E-state index contributed by atoms with van der Waals surface area (Å²) in [6.07, 6.45) is 2.61. The summed E-state index contributed by atoms with van der Waals surface area (Å²) in [5.74, 6) is 1.92. The molecule has 0 spiro atoms. The van der Waals surface area contributed by atoms with Crippen LogP contribution in [0.1, 0.15) is 33.6 Å². The van der Waals surface area contributed by atoms with Crippen LogP contribution in [-0.4, -0.2) is 11.7 Å². The second-order valence-electron chi connectivity index (χ2n) is 5.97. The van der Waals surface area contributed by atoms with Crippen LogP contribution in [-0.2, 0) is 0 Å². The van der Waals surface area contributed by atoms with Gasteiger partial charge in [-0.15, -0.1) is 0 Å². The Morgan fingerprint density at radius 3 is 1.83 bits per heavy atom. The van der Waals surface area contributed by atoms with Gasteiger partial charge < -0.3 is 5.11 Å². The van der Waals surface area contributed by atoms with Gasteiger partial charge in [0.05, 0.1) is 0 Å². The first kappa shape index (κ1) is 7.37. The normalized spacial score (nSPS) is 64.0. The first-order chi connectivity index (χ1) is 5.49. The summed E-state index contributed by atoms with van der Waals surface area (Å²) >= 11 is 0. The summed E-state index contributed by atoms with van der Waals surface area (Å²) < 4.78 is 0. The highest BCUT2D eigenvalue weighted by Gasteiger charge is 2.85. The number of aliphatic hydroxyl groups excluding tert-OH is 1. The minimum atomic E-state index is 0.303. The van der Waals surface area contributed by atoms with Gasteiger partial charge in [-0.05, 0) is 40.9 Å². The van der Waals surface area contributed by atoms with Crippen LogP contribution in [0.15, 0.2) is 0 Å². The van der Waals surface area contributed by atoms with Crippen LogP contribution < -0.4 is 0 Å². The molecule has 0 aromatic heterocycles. The van der Waals surface area contributed by atoms with Gasteiger partial charge in [0.2, 0.25) is 0 Å². The van der Waals surface area contributed by atoms with Crippen LogP contribution in [0.5, 0.6) is 0 Å². The van der Waals surface area contributed by atoms with Gasteiger partial charge in [0.1, 0.15) is 0 Å². The van der Waals surface area contributed by atoms with Gasteiger partial charge in [0, 0.05) is 6.61 Å². The highest BCUT2D eigenvalue weighted by Crippen LogP contribution is 2.90. The van der Waals surface area contributed by atoms with Crippen molar-refractivity contribution < 1.29 is 5.11 Å². The predicted octanol–water partition coefficient (Wildman–Crippen LogP) is 2.05. The van der Waals surface area contributed by atoms with E-state index < -0.39 is 0 Å². The Kier molecular flexibility index (Phi) is 0.919. The van der Waals surface area contributed by atoms with Crippen molar-refractivity contribution in [3.05, 3.63) is 0 Å². The number of aliphatic hydroxyl groups is 1. The van der Waals surface area contributed by atoms with Crippen molar-refractivity contribution in [2.45, 2.75) is 33.6 Å². The van der Waals surface area contributed by atoms with Crippen LogP contribution >= 0.6 is 0 Å². The Morgan fingerprint density at radius 1 is 1.17 bits per heavy atom. The molecule has 4 fully saturated rings. The maximum atomic E-state index is 9.51. The monoisotopic (exact) mass is 166 g/mol. The molecule has 0 aliphatic heterocycles. The molecular formula is C11H18O. The third-order valence-electron chi connectivity index (χ3n) is 6.11. The molecule has 1 N–H and O–H groups in total. The predicted molar refractivity (Wildman–Crippen MR) is 47.6 cm³/mol. The number of hydrogen-bond acceptors (Lipinski definition) is 1. The van der Waals surface area contributed by atoms with Gasteiger partial charge in [0.15, 0.2) is 0 Å². The van der Waals surface area contributed by atoms with Gasteiger partial charge in [-0.2, -0.15) is 0 Å². The molecule has 68 valence electrons. The van der Waals surface area contributed by atoms with E-state index in [9.17, 15) is 5.11 Å². The lowest BCUT2D eigenvalue weighted by Gasteiger charge is -2.39. The average Bonchev–Trinajstić information content (AvgIpc) is 2.42. The second-order valence-corrected chi connectivity index (χ2v) is 5.97. The van der Waals surface area contributed by atoms with Gasteiger partial charge in [-0.25, -0.2) is 0 Å². The van der Waals surface area contributed by atoms with Crippen molar-refractivity contribution in [1.82, 2.24) is 0 Å². The Bertz CT molecular complexity index is 242. The lowest BCUT2D eigenvalue weighted by molar-refractivity contribution is 0.0295. The number of hydrogen-bond donors (Lipinski definition) is 1. The zero-order chi connectivity index (χ0) is 8.78. The third kappa shape index (κ3) is 0.396. The van der Waals surface area contributed by atoms with Gasteiger partial charge >= 0.3 is 0 Å². The molecule has 0 heterocycles. The fourth-order valence-electron chi connectivity index (χ4n) is 4.67. The molecule has 0 aromatic carbocycles. The van der Waals surface area contributed by atoms with Crippen LogP contribution in [0, 0.1) is 28.1 Å². The van der Waals surface area contributed by atoms with E-state index in [0.717, 1.165) is 11.8 Å². The van der Waals surface area contributed by atoms with E-state index in [2.05, 4.69) is 20.8 Å². The average molecular weight is 166 g/mol. The molecule has 0 radical (unpaired) electrons. The second kappa shape index (κ2) is 1.50. The van der Waals surface area contributed by atoms with E-state index in [4.69, 9.17) is 0 Å². The van der Waals surface area contributed by atoms with E-state index in [-0.39, 0.29) is 0 Å². The smallest absolute Gasteiger partial charge is 0.0492 e. The summed E-state index contributed by atoms with van der Waals surface area (Å²) in [6, 6.07) is 0. The zero-order valence-corrected chi connectivity index (χ0v) is 8.22. The molecule has 4 aliphatic rings. The summed E-state index contributed by atoms with van der Waals surface area (Å²) in [6.45, 7) is 7.60. The Balaban J connectivity index is 2.14. The van der Waals surface area contributed by atoms with Crippen molar-refractivity contribution >= 4 is 0 Å². The first-order valence-corrected chi connectivity index (χ1v) is 5.10. The molecule has 4 saturated carbocycles.